The van der Waals surface area contributed by atoms with Gasteiger partial charge in [0, 0.05) is 29.9 Å². The van der Waals surface area contributed by atoms with Gasteiger partial charge in [0.2, 0.25) is 0 Å². The first-order chi connectivity index (χ1) is 13.4. The van der Waals surface area contributed by atoms with Gasteiger partial charge in [-0.05, 0) is 36.1 Å². The summed E-state index contributed by atoms with van der Waals surface area (Å²) in [7, 11) is 1.32. The summed E-state index contributed by atoms with van der Waals surface area (Å²) >= 11 is 0. The largest absolute Gasteiger partial charge is 0.496 e. The van der Waals surface area contributed by atoms with Crippen LogP contribution in [0.25, 0.3) is 11.0 Å². The summed E-state index contributed by atoms with van der Waals surface area (Å²) in [6.07, 6.45) is -4.66. The zero-order valence-corrected chi connectivity index (χ0v) is 16.3. The molecule has 0 aliphatic carbocycles. The average molecular weight is 410 g/mol. The SMILES string of the molecule is COc1cc(F)ccc1C(C)(C)CC(O)(Cc1cc2ncccc2[nH]1)C(F)(F)F. The van der Waals surface area contributed by atoms with E-state index in [2.05, 4.69) is 9.97 Å². The summed E-state index contributed by atoms with van der Waals surface area (Å²) in [5.74, 6) is -0.424. The van der Waals surface area contributed by atoms with Crippen LogP contribution < -0.4 is 4.74 Å². The maximum absolute atomic E-state index is 14.0. The molecule has 3 aromatic rings. The first kappa shape index (κ1) is 21.1. The number of ether oxygens (including phenoxy) is 1. The minimum atomic E-state index is -4.89. The van der Waals surface area contributed by atoms with Crippen LogP contribution in [0, 0.1) is 5.82 Å². The number of nitrogens with one attached hydrogen (secondary N) is 1. The Bertz CT molecular complexity index is 980. The molecule has 4 nitrogen and oxygen atoms in total. The molecule has 0 amide bonds. The molecule has 0 saturated heterocycles. The monoisotopic (exact) mass is 410 g/mol. The molecule has 0 bridgehead atoms. The highest BCUT2D eigenvalue weighted by atomic mass is 19.4. The standard InChI is InChI=1S/C21H22F4N2O2/c1-19(2,15-7-6-13(22)9-18(15)29-3)12-20(28,21(23,24)25)11-14-10-17-16(27-14)5-4-8-26-17/h4-10,27-28H,11-12H2,1-3H3. The normalized spacial score (nSPS) is 14.8. The number of nitrogens with zero attached hydrogens (tertiary/aromatic N) is 1. The highest BCUT2D eigenvalue weighted by Crippen LogP contribution is 2.45. The van der Waals surface area contributed by atoms with Crippen LogP contribution in [-0.4, -0.2) is 34.0 Å². The van der Waals surface area contributed by atoms with E-state index in [0.717, 1.165) is 12.1 Å². The second-order valence-corrected chi connectivity index (χ2v) is 7.84. The van der Waals surface area contributed by atoms with E-state index in [4.69, 9.17) is 4.74 Å². The molecule has 29 heavy (non-hydrogen) atoms. The van der Waals surface area contributed by atoms with Crippen LogP contribution in [0.2, 0.25) is 0 Å². The Labute approximate surface area is 165 Å². The Kier molecular flexibility index (Phi) is 5.34. The molecule has 8 heteroatoms. The number of pyridine rings is 1. The molecule has 2 heterocycles. The number of hydrogen-bond acceptors (Lipinski definition) is 3. The van der Waals surface area contributed by atoms with E-state index in [1.54, 1.807) is 32.2 Å². The number of aromatic amines is 1. The number of H-pyrrole nitrogens is 1. The van der Waals surface area contributed by atoms with E-state index in [0.29, 0.717) is 16.6 Å². The van der Waals surface area contributed by atoms with Crippen LogP contribution in [0.15, 0.2) is 42.6 Å². The molecule has 156 valence electrons. The van der Waals surface area contributed by atoms with Crippen molar-refractivity contribution in [3.63, 3.8) is 0 Å². The Balaban J connectivity index is 1.98. The number of fused-ring (bicyclic) bond motifs is 1. The van der Waals surface area contributed by atoms with Gasteiger partial charge in [-0.3, -0.25) is 4.98 Å². The molecule has 0 saturated carbocycles. The Hall–Kier alpha value is -2.61. The van der Waals surface area contributed by atoms with Crippen LogP contribution in [0.4, 0.5) is 17.6 Å². The van der Waals surface area contributed by atoms with Crippen molar-refractivity contribution < 1.29 is 27.4 Å². The number of hydrogen-bond donors (Lipinski definition) is 2. The van der Waals surface area contributed by atoms with E-state index in [9.17, 15) is 22.7 Å². The van der Waals surface area contributed by atoms with Gasteiger partial charge >= 0.3 is 6.18 Å². The summed E-state index contributed by atoms with van der Waals surface area (Å²) in [4.78, 5) is 6.98. The lowest BCUT2D eigenvalue weighted by Gasteiger charge is -2.38. The summed E-state index contributed by atoms with van der Waals surface area (Å²) in [5.41, 5.74) is -2.47. The van der Waals surface area contributed by atoms with Gasteiger partial charge in [-0.25, -0.2) is 4.39 Å². The molecule has 0 fully saturated rings. The third-order valence-electron chi connectivity index (χ3n) is 5.08. The number of aliphatic hydroxyl groups is 1. The summed E-state index contributed by atoms with van der Waals surface area (Å²) in [6, 6.07) is 8.53. The van der Waals surface area contributed by atoms with Gasteiger partial charge in [0.1, 0.15) is 11.6 Å². The van der Waals surface area contributed by atoms with Crippen molar-refractivity contribution >= 4 is 11.0 Å². The van der Waals surface area contributed by atoms with E-state index in [-0.39, 0.29) is 11.4 Å². The second kappa shape index (κ2) is 7.33. The maximum Gasteiger partial charge on any atom is 0.417 e. The zero-order valence-electron chi connectivity index (χ0n) is 16.3. The van der Waals surface area contributed by atoms with Crippen LogP contribution >= 0.6 is 0 Å². The van der Waals surface area contributed by atoms with Crippen LogP contribution in [0.1, 0.15) is 31.5 Å². The molecule has 2 aromatic heterocycles. The fraction of sp³-hybridized carbons (Fsp3) is 0.381. The fourth-order valence-electron chi connectivity index (χ4n) is 3.74. The van der Waals surface area contributed by atoms with Crippen LogP contribution in [0.5, 0.6) is 5.75 Å². The van der Waals surface area contributed by atoms with E-state index < -0.39 is 35.9 Å². The van der Waals surface area contributed by atoms with Crippen molar-refractivity contribution in [1.82, 2.24) is 9.97 Å². The highest BCUT2D eigenvalue weighted by Gasteiger charge is 2.56. The zero-order chi connectivity index (χ0) is 21.4. The lowest BCUT2D eigenvalue weighted by atomic mass is 9.73. The van der Waals surface area contributed by atoms with E-state index in [1.807, 2.05) is 0 Å². The number of benzene rings is 1. The minimum Gasteiger partial charge on any atom is -0.496 e. The van der Waals surface area contributed by atoms with Gasteiger partial charge in [0.05, 0.1) is 18.1 Å². The number of methoxy groups -OCH3 is 1. The second-order valence-electron chi connectivity index (χ2n) is 7.84. The van der Waals surface area contributed by atoms with Crippen LogP contribution in [-0.2, 0) is 11.8 Å². The molecule has 1 atom stereocenters. The molecule has 0 spiro atoms. The maximum atomic E-state index is 14.0. The van der Waals surface area contributed by atoms with E-state index >= 15 is 0 Å². The first-order valence-electron chi connectivity index (χ1n) is 9.01. The van der Waals surface area contributed by atoms with Gasteiger partial charge in [-0.2, -0.15) is 13.2 Å². The molecule has 0 aliphatic rings. The van der Waals surface area contributed by atoms with Gasteiger partial charge < -0.3 is 14.8 Å². The van der Waals surface area contributed by atoms with E-state index in [1.165, 1.54) is 19.2 Å². The summed E-state index contributed by atoms with van der Waals surface area (Å²) in [5, 5.41) is 10.8. The van der Waals surface area contributed by atoms with Crippen molar-refractivity contribution in [1.29, 1.82) is 0 Å². The van der Waals surface area contributed by atoms with Crippen molar-refractivity contribution in [3.8, 4) is 5.75 Å². The van der Waals surface area contributed by atoms with Gasteiger partial charge in [0.25, 0.3) is 0 Å². The van der Waals surface area contributed by atoms with Crippen molar-refractivity contribution in [2.24, 2.45) is 0 Å². The molecule has 1 unspecified atom stereocenters. The molecule has 3 rings (SSSR count). The fourth-order valence-corrected chi connectivity index (χ4v) is 3.74. The summed E-state index contributed by atoms with van der Waals surface area (Å²) in [6.45, 7) is 3.12. The molecule has 2 N–H and O–H groups in total. The quantitative estimate of drug-likeness (QED) is 0.568. The molecule has 0 radical (unpaired) electrons. The predicted octanol–water partition coefficient (Wildman–Crippen LogP) is 4.91. The number of halogens is 4. The smallest absolute Gasteiger partial charge is 0.417 e. The summed E-state index contributed by atoms with van der Waals surface area (Å²) < 4.78 is 60.6. The van der Waals surface area contributed by atoms with Crippen LogP contribution in [0.3, 0.4) is 0 Å². The molecular weight excluding hydrogens is 388 g/mol. The number of rotatable bonds is 6. The third kappa shape index (κ3) is 4.22. The Morgan fingerprint density at radius 1 is 1.14 bits per heavy atom. The van der Waals surface area contributed by atoms with Crippen molar-refractivity contribution in [2.45, 2.75) is 43.9 Å². The lowest BCUT2D eigenvalue weighted by Crippen LogP contribution is -2.51. The third-order valence-corrected chi connectivity index (χ3v) is 5.08. The Morgan fingerprint density at radius 2 is 1.86 bits per heavy atom. The van der Waals surface area contributed by atoms with Gasteiger partial charge in [-0.1, -0.05) is 19.9 Å². The molecular formula is C21H22F4N2O2. The number of alkyl halides is 3. The number of aromatic nitrogens is 2. The first-order valence-corrected chi connectivity index (χ1v) is 9.01. The average Bonchev–Trinajstić information content (AvgIpc) is 3.01. The minimum absolute atomic E-state index is 0.134. The highest BCUT2D eigenvalue weighted by molar-refractivity contribution is 5.75. The van der Waals surface area contributed by atoms with Crippen molar-refractivity contribution in [2.75, 3.05) is 7.11 Å². The van der Waals surface area contributed by atoms with Gasteiger partial charge in [0.15, 0.2) is 5.60 Å². The molecule has 1 aromatic carbocycles. The lowest BCUT2D eigenvalue weighted by molar-refractivity contribution is -0.266. The van der Waals surface area contributed by atoms with Gasteiger partial charge in [-0.15, -0.1) is 0 Å². The Morgan fingerprint density at radius 3 is 2.48 bits per heavy atom. The topological polar surface area (TPSA) is 58.1 Å². The van der Waals surface area contributed by atoms with Crippen molar-refractivity contribution in [3.05, 3.63) is 59.7 Å². The predicted molar refractivity (Wildman–Crippen MR) is 101 cm³/mol. The molecule has 0 aliphatic heterocycles.